The number of ether oxygens (including phenoxy) is 3. The Morgan fingerprint density at radius 3 is 2.09 bits per heavy atom. The minimum Gasteiger partial charge on any atom is -0.466 e. The number of methoxy groups -OCH3 is 2. The molecule has 0 aromatic heterocycles. The number of nitro benzene ring substituents is 1. The average Bonchev–Trinajstić information content (AvgIpc) is 2.84. The summed E-state index contributed by atoms with van der Waals surface area (Å²) in [5, 5.41) is 14.2. The van der Waals surface area contributed by atoms with Crippen LogP contribution in [-0.4, -0.2) is 37.7 Å². The van der Waals surface area contributed by atoms with Gasteiger partial charge >= 0.3 is 11.9 Å². The Bertz CT molecular complexity index is 1140. The van der Waals surface area contributed by atoms with Crippen LogP contribution in [0.15, 0.2) is 77.1 Å². The summed E-state index contributed by atoms with van der Waals surface area (Å²) in [6.07, 6.45) is -0.474. The molecule has 34 heavy (non-hydrogen) atoms. The van der Waals surface area contributed by atoms with Crippen molar-refractivity contribution in [2.45, 2.75) is 25.9 Å². The van der Waals surface area contributed by atoms with Crippen LogP contribution in [0.3, 0.4) is 0 Å². The maximum absolute atomic E-state index is 13.3. The van der Waals surface area contributed by atoms with E-state index in [2.05, 4.69) is 5.32 Å². The molecule has 0 saturated carbocycles. The first-order valence-electron chi connectivity index (χ1n) is 10.5. The van der Waals surface area contributed by atoms with E-state index < -0.39 is 28.9 Å². The predicted molar refractivity (Wildman–Crippen MR) is 124 cm³/mol. The number of nitrogens with zero attached hydrogens (tertiary/aromatic N) is 1. The molecular weight excluding hydrogens is 440 g/mol. The van der Waals surface area contributed by atoms with Crippen molar-refractivity contribution >= 4 is 17.6 Å². The van der Waals surface area contributed by atoms with E-state index >= 15 is 0 Å². The van der Waals surface area contributed by atoms with Crippen LogP contribution in [0.1, 0.15) is 37.0 Å². The van der Waals surface area contributed by atoms with Gasteiger partial charge in [-0.15, -0.1) is 0 Å². The first-order chi connectivity index (χ1) is 16.3. The van der Waals surface area contributed by atoms with Crippen molar-refractivity contribution in [2.24, 2.45) is 0 Å². The molecule has 9 nitrogen and oxygen atoms in total. The molecule has 0 radical (unpaired) electrons. The van der Waals surface area contributed by atoms with Crippen LogP contribution in [0, 0.1) is 10.1 Å². The number of rotatable bonds is 8. The van der Waals surface area contributed by atoms with Crippen LogP contribution in [-0.2, 0) is 23.8 Å². The lowest BCUT2D eigenvalue weighted by Gasteiger charge is -2.30. The zero-order valence-corrected chi connectivity index (χ0v) is 19.4. The molecular formula is C25H26N2O7. The van der Waals surface area contributed by atoms with E-state index in [0.717, 1.165) is 5.56 Å². The van der Waals surface area contributed by atoms with Crippen molar-refractivity contribution in [2.75, 3.05) is 20.8 Å². The maximum atomic E-state index is 13.3. The van der Waals surface area contributed by atoms with Gasteiger partial charge in [-0.05, 0) is 25.0 Å². The van der Waals surface area contributed by atoms with Gasteiger partial charge in [0.1, 0.15) is 12.7 Å². The number of benzene rings is 2. The van der Waals surface area contributed by atoms with Crippen molar-refractivity contribution < 1.29 is 28.7 Å². The van der Waals surface area contributed by atoms with E-state index in [1.165, 1.54) is 38.5 Å². The highest BCUT2D eigenvalue weighted by Gasteiger charge is 2.38. The number of hydrogen-bond donors (Lipinski definition) is 1. The fraction of sp³-hybridized carbons (Fsp3) is 0.280. The van der Waals surface area contributed by atoms with Gasteiger partial charge in [-0.1, -0.05) is 42.5 Å². The highest BCUT2D eigenvalue weighted by molar-refractivity contribution is 5.99. The number of nitrogens with one attached hydrogen (secondary N) is 1. The Labute approximate surface area is 197 Å². The zero-order valence-electron chi connectivity index (χ0n) is 19.4. The van der Waals surface area contributed by atoms with E-state index in [1.54, 1.807) is 13.8 Å². The van der Waals surface area contributed by atoms with Gasteiger partial charge in [-0.2, -0.15) is 0 Å². The summed E-state index contributed by atoms with van der Waals surface area (Å²) in [6.45, 7) is 3.36. The van der Waals surface area contributed by atoms with Gasteiger partial charge in [0.05, 0.1) is 29.1 Å². The number of allylic oxidation sites excluding steroid dienone is 2. The average molecular weight is 466 g/mol. The third kappa shape index (κ3) is 5.15. The van der Waals surface area contributed by atoms with E-state index in [9.17, 15) is 19.7 Å². The van der Waals surface area contributed by atoms with Crippen LogP contribution < -0.4 is 5.32 Å². The second-order valence-corrected chi connectivity index (χ2v) is 7.71. The summed E-state index contributed by atoms with van der Waals surface area (Å²) in [4.78, 5) is 36.6. The summed E-state index contributed by atoms with van der Waals surface area (Å²) in [5.74, 6) is -2.09. The largest absolute Gasteiger partial charge is 0.466 e. The molecule has 0 fully saturated rings. The molecule has 1 heterocycles. The Hall–Kier alpha value is -3.98. The number of esters is 2. The Morgan fingerprint density at radius 2 is 1.56 bits per heavy atom. The minimum absolute atomic E-state index is 0.0423. The SMILES string of the molecule is COC(=O)C1=C(C)NC(C)=C(C(=O)OCC(OC)c2ccccc2)C1c1ccc([N+](=O)[O-])cc1. The van der Waals surface area contributed by atoms with E-state index in [4.69, 9.17) is 14.2 Å². The van der Waals surface area contributed by atoms with Crippen molar-refractivity contribution in [3.8, 4) is 0 Å². The van der Waals surface area contributed by atoms with E-state index in [1.807, 2.05) is 30.3 Å². The molecule has 2 unspecified atom stereocenters. The Kier molecular flexibility index (Phi) is 7.80. The summed E-state index contributed by atoms with van der Waals surface area (Å²) in [7, 11) is 2.78. The second-order valence-electron chi connectivity index (χ2n) is 7.71. The normalized spacial score (nSPS) is 16.5. The van der Waals surface area contributed by atoms with Crippen LogP contribution in [0.5, 0.6) is 0 Å². The molecule has 3 rings (SSSR count). The van der Waals surface area contributed by atoms with Gasteiger partial charge in [0.25, 0.3) is 5.69 Å². The number of nitro groups is 1. The summed E-state index contributed by atoms with van der Waals surface area (Å²) in [6, 6.07) is 15.0. The van der Waals surface area contributed by atoms with Gasteiger partial charge in [0, 0.05) is 30.6 Å². The first-order valence-corrected chi connectivity index (χ1v) is 10.5. The van der Waals surface area contributed by atoms with Crippen molar-refractivity contribution in [1.29, 1.82) is 0 Å². The fourth-order valence-corrected chi connectivity index (χ4v) is 3.96. The number of dihydropyridines is 1. The van der Waals surface area contributed by atoms with Crippen molar-refractivity contribution in [1.82, 2.24) is 5.32 Å². The number of non-ortho nitro benzene ring substituents is 1. The molecule has 0 saturated heterocycles. The van der Waals surface area contributed by atoms with Crippen LogP contribution in [0.2, 0.25) is 0 Å². The first kappa shape index (κ1) is 24.7. The van der Waals surface area contributed by atoms with E-state index in [-0.39, 0.29) is 23.4 Å². The molecule has 178 valence electrons. The smallest absolute Gasteiger partial charge is 0.336 e. The predicted octanol–water partition coefficient (Wildman–Crippen LogP) is 3.93. The maximum Gasteiger partial charge on any atom is 0.336 e. The lowest BCUT2D eigenvalue weighted by atomic mass is 9.80. The minimum atomic E-state index is -0.834. The molecule has 1 N–H and O–H groups in total. The monoisotopic (exact) mass is 466 g/mol. The molecule has 1 aliphatic rings. The molecule has 0 amide bonds. The van der Waals surface area contributed by atoms with Crippen molar-refractivity contribution in [3.05, 3.63) is 98.4 Å². The molecule has 0 spiro atoms. The lowest BCUT2D eigenvalue weighted by Crippen LogP contribution is -2.32. The van der Waals surface area contributed by atoms with Gasteiger partial charge in [0.2, 0.25) is 0 Å². The quantitative estimate of drug-likeness (QED) is 0.353. The Balaban J connectivity index is 1.97. The Morgan fingerprint density at radius 1 is 0.971 bits per heavy atom. The molecule has 1 aliphatic heterocycles. The standard InChI is InChI=1S/C25H26N2O7/c1-15-21(24(28)33-4)23(18-10-12-19(13-11-18)27(30)31)22(16(2)26-15)25(29)34-14-20(32-3)17-8-6-5-7-9-17/h5-13,20,23,26H,14H2,1-4H3. The molecule has 0 bridgehead atoms. The number of carbonyl (C=O) groups excluding carboxylic acids is 2. The second kappa shape index (κ2) is 10.8. The zero-order chi connectivity index (χ0) is 24.8. The van der Waals surface area contributed by atoms with E-state index in [0.29, 0.717) is 17.0 Å². The van der Waals surface area contributed by atoms with Crippen LogP contribution in [0.4, 0.5) is 5.69 Å². The lowest BCUT2D eigenvalue weighted by molar-refractivity contribution is -0.384. The third-order valence-corrected chi connectivity index (χ3v) is 5.64. The fourth-order valence-electron chi connectivity index (χ4n) is 3.96. The molecule has 0 aliphatic carbocycles. The van der Waals surface area contributed by atoms with Gasteiger partial charge in [-0.3, -0.25) is 10.1 Å². The van der Waals surface area contributed by atoms with Gasteiger partial charge in [0.15, 0.2) is 0 Å². The topological polar surface area (TPSA) is 117 Å². The van der Waals surface area contributed by atoms with Gasteiger partial charge < -0.3 is 19.5 Å². The summed E-state index contributed by atoms with van der Waals surface area (Å²) in [5.41, 5.74) is 2.72. The number of carbonyl (C=O) groups is 2. The molecule has 2 aromatic carbocycles. The highest BCUT2D eigenvalue weighted by atomic mass is 16.6. The van der Waals surface area contributed by atoms with Crippen LogP contribution in [0.25, 0.3) is 0 Å². The number of hydrogen-bond acceptors (Lipinski definition) is 8. The van der Waals surface area contributed by atoms with Gasteiger partial charge in [-0.25, -0.2) is 9.59 Å². The van der Waals surface area contributed by atoms with Crippen LogP contribution >= 0.6 is 0 Å². The molecule has 2 atom stereocenters. The summed E-state index contributed by atoms with van der Waals surface area (Å²) >= 11 is 0. The summed E-state index contributed by atoms with van der Waals surface area (Å²) < 4.78 is 16.1. The van der Waals surface area contributed by atoms with Crippen molar-refractivity contribution in [3.63, 3.8) is 0 Å². The third-order valence-electron chi connectivity index (χ3n) is 5.64. The molecule has 2 aromatic rings. The highest BCUT2D eigenvalue weighted by Crippen LogP contribution is 2.39. The molecule has 9 heteroatoms.